The van der Waals surface area contributed by atoms with E-state index in [4.69, 9.17) is 10.3 Å². The Morgan fingerprint density at radius 1 is 1.44 bits per heavy atom. The Morgan fingerprint density at radius 3 is 2.83 bits per heavy atom. The highest BCUT2D eigenvalue weighted by molar-refractivity contribution is 9.10. The predicted molar refractivity (Wildman–Crippen MR) is 74.0 cm³/mol. The molecule has 2 rings (SSSR count). The van der Waals surface area contributed by atoms with Gasteiger partial charge < -0.3 is 10.3 Å². The minimum atomic E-state index is -0.554. The summed E-state index contributed by atoms with van der Waals surface area (Å²) in [5.74, 6) is 1.05. The van der Waals surface area contributed by atoms with E-state index in [0.717, 1.165) is 22.0 Å². The Bertz CT molecular complexity index is 563. The molecular weight excluding hydrogens is 294 g/mol. The van der Waals surface area contributed by atoms with Gasteiger partial charge in [-0.15, -0.1) is 0 Å². The first-order valence-electron chi connectivity index (χ1n) is 5.83. The first kappa shape index (κ1) is 13.2. The van der Waals surface area contributed by atoms with E-state index in [-0.39, 0.29) is 0 Å². The molecule has 4 nitrogen and oxygen atoms in total. The van der Waals surface area contributed by atoms with E-state index < -0.39 is 5.54 Å². The number of benzene rings is 1. The lowest BCUT2D eigenvalue weighted by molar-refractivity contribution is 0.379. The van der Waals surface area contributed by atoms with Crippen LogP contribution in [0, 0.1) is 6.92 Å². The van der Waals surface area contributed by atoms with Crippen molar-refractivity contribution in [1.82, 2.24) is 10.1 Å². The average molecular weight is 310 g/mol. The summed E-state index contributed by atoms with van der Waals surface area (Å²) in [5, 5.41) is 3.98. The fraction of sp³-hybridized carbons (Fsp3) is 0.385. The van der Waals surface area contributed by atoms with Gasteiger partial charge in [0.25, 0.3) is 5.89 Å². The lowest BCUT2D eigenvalue weighted by Gasteiger charge is -2.16. The molecular formula is C13H16BrN3O. The highest BCUT2D eigenvalue weighted by Crippen LogP contribution is 2.27. The van der Waals surface area contributed by atoms with Crippen LogP contribution >= 0.6 is 15.9 Å². The second kappa shape index (κ2) is 4.82. The van der Waals surface area contributed by atoms with E-state index in [0.29, 0.717) is 11.7 Å². The van der Waals surface area contributed by atoms with E-state index in [1.54, 1.807) is 0 Å². The van der Waals surface area contributed by atoms with Crippen molar-refractivity contribution in [2.45, 2.75) is 32.7 Å². The number of halogens is 1. The fourth-order valence-corrected chi connectivity index (χ4v) is 1.91. The van der Waals surface area contributed by atoms with Crippen LogP contribution in [-0.4, -0.2) is 10.1 Å². The van der Waals surface area contributed by atoms with Gasteiger partial charge >= 0.3 is 0 Å². The molecule has 1 unspecified atom stereocenters. The van der Waals surface area contributed by atoms with Gasteiger partial charge in [0, 0.05) is 10.0 Å². The van der Waals surface area contributed by atoms with Gasteiger partial charge in [-0.1, -0.05) is 34.1 Å². The molecule has 0 amide bonds. The molecule has 5 heteroatoms. The van der Waals surface area contributed by atoms with Crippen LogP contribution < -0.4 is 5.73 Å². The number of hydrogen-bond acceptors (Lipinski definition) is 4. The SMILES string of the molecule is CCC(C)(N)c1noc(-c2cc(Br)ccc2C)n1. The smallest absolute Gasteiger partial charge is 0.258 e. The van der Waals surface area contributed by atoms with Crippen LogP contribution in [-0.2, 0) is 5.54 Å². The number of nitrogens with two attached hydrogens (primary N) is 1. The minimum absolute atomic E-state index is 0.508. The number of aryl methyl sites for hydroxylation is 1. The van der Waals surface area contributed by atoms with Crippen LogP contribution in [0.4, 0.5) is 0 Å². The molecule has 0 bridgehead atoms. The molecule has 1 aromatic carbocycles. The molecule has 1 aromatic heterocycles. The van der Waals surface area contributed by atoms with Gasteiger partial charge in [-0.3, -0.25) is 0 Å². The molecule has 1 heterocycles. The first-order valence-corrected chi connectivity index (χ1v) is 6.63. The normalized spacial score (nSPS) is 14.5. The Kier molecular flexibility index (Phi) is 3.54. The Hall–Kier alpha value is -1.20. The molecule has 0 aliphatic heterocycles. The molecule has 2 N–H and O–H groups in total. The zero-order valence-electron chi connectivity index (χ0n) is 10.7. The van der Waals surface area contributed by atoms with E-state index in [9.17, 15) is 0 Å². The summed E-state index contributed by atoms with van der Waals surface area (Å²) in [5.41, 5.74) is 7.56. The molecule has 0 saturated carbocycles. The van der Waals surface area contributed by atoms with Crippen LogP contribution in [0.3, 0.4) is 0 Å². The van der Waals surface area contributed by atoms with Crippen molar-refractivity contribution in [3.8, 4) is 11.5 Å². The molecule has 0 aliphatic rings. The van der Waals surface area contributed by atoms with Gasteiger partial charge in [0.2, 0.25) is 0 Å². The molecule has 0 fully saturated rings. The third-order valence-corrected chi connectivity index (χ3v) is 3.59. The van der Waals surface area contributed by atoms with Crippen molar-refractivity contribution in [3.05, 3.63) is 34.1 Å². The standard InChI is InChI=1S/C13H16BrN3O/c1-4-13(3,15)12-16-11(18-17-12)10-7-9(14)6-5-8(10)2/h5-7H,4,15H2,1-3H3. The third-order valence-electron chi connectivity index (χ3n) is 3.10. The van der Waals surface area contributed by atoms with Gasteiger partial charge in [0.1, 0.15) is 0 Å². The topological polar surface area (TPSA) is 64.9 Å². The molecule has 18 heavy (non-hydrogen) atoms. The van der Waals surface area contributed by atoms with Crippen LogP contribution in [0.15, 0.2) is 27.2 Å². The van der Waals surface area contributed by atoms with Crippen molar-refractivity contribution in [1.29, 1.82) is 0 Å². The lowest BCUT2D eigenvalue weighted by Crippen LogP contribution is -2.33. The van der Waals surface area contributed by atoms with Crippen LogP contribution in [0.1, 0.15) is 31.7 Å². The van der Waals surface area contributed by atoms with Crippen molar-refractivity contribution < 1.29 is 4.52 Å². The lowest BCUT2D eigenvalue weighted by atomic mass is 10.00. The van der Waals surface area contributed by atoms with Gasteiger partial charge in [0.05, 0.1) is 5.54 Å². The molecule has 1 atom stereocenters. The molecule has 2 aromatic rings. The monoisotopic (exact) mass is 309 g/mol. The zero-order valence-corrected chi connectivity index (χ0v) is 12.3. The summed E-state index contributed by atoms with van der Waals surface area (Å²) in [4.78, 5) is 4.40. The van der Waals surface area contributed by atoms with Crippen molar-refractivity contribution in [2.75, 3.05) is 0 Å². The summed E-state index contributed by atoms with van der Waals surface area (Å²) in [6.45, 7) is 5.91. The second-order valence-electron chi connectivity index (χ2n) is 4.65. The number of nitrogens with zero attached hydrogens (tertiary/aromatic N) is 2. The van der Waals surface area contributed by atoms with Gasteiger partial charge in [-0.2, -0.15) is 4.98 Å². The van der Waals surface area contributed by atoms with E-state index in [1.807, 2.05) is 39.0 Å². The van der Waals surface area contributed by atoms with Crippen LogP contribution in [0.25, 0.3) is 11.5 Å². The van der Waals surface area contributed by atoms with E-state index in [2.05, 4.69) is 26.1 Å². The van der Waals surface area contributed by atoms with Crippen molar-refractivity contribution in [3.63, 3.8) is 0 Å². The summed E-state index contributed by atoms with van der Waals surface area (Å²) < 4.78 is 6.29. The largest absolute Gasteiger partial charge is 0.334 e. The van der Waals surface area contributed by atoms with Gasteiger partial charge in [-0.05, 0) is 38.0 Å². The zero-order chi connectivity index (χ0) is 13.3. The maximum atomic E-state index is 6.10. The molecule has 0 aliphatic carbocycles. The number of rotatable bonds is 3. The van der Waals surface area contributed by atoms with E-state index in [1.165, 1.54) is 0 Å². The van der Waals surface area contributed by atoms with Gasteiger partial charge in [-0.25, -0.2) is 0 Å². The average Bonchev–Trinajstić information content (AvgIpc) is 2.82. The Morgan fingerprint density at radius 2 is 2.17 bits per heavy atom. The van der Waals surface area contributed by atoms with Crippen molar-refractivity contribution >= 4 is 15.9 Å². The first-order chi connectivity index (χ1) is 8.44. The fourth-order valence-electron chi connectivity index (χ4n) is 1.55. The molecule has 0 saturated heterocycles. The third kappa shape index (κ3) is 2.47. The number of aromatic nitrogens is 2. The highest BCUT2D eigenvalue weighted by atomic mass is 79.9. The molecule has 96 valence electrons. The quantitative estimate of drug-likeness (QED) is 0.943. The second-order valence-corrected chi connectivity index (χ2v) is 5.57. The molecule has 0 radical (unpaired) electrons. The maximum absolute atomic E-state index is 6.10. The van der Waals surface area contributed by atoms with Crippen LogP contribution in [0.2, 0.25) is 0 Å². The van der Waals surface area contributed by atoms with E-state index >= 15 is 0 Å². The highest BCUT2D eigenvalue weighted by Gasteiger charge is 2.25. The van der Waals surface area contributed by atoms with Crippen molar-refractivity contribution in [2.24, 2.45) is 5.73 Å². The molecule has 0 spiro atoms. The minimum Gasteiger partial charge on any atom is -0.334 e. The summed E-state index contributed by atoms with van der Waals surface area (Å²) in [6, 6.07) is 5.95. The summed E-state index contributed by atoms with van der Waals surface area (Å²) >= 11 is 3.44. The Labute approximate surface area is 115 Å². The van der Waals surface area contributed by atoms with Gasteiger partial charge in [0.15, 0.2) is 5.82 Å². The predicted octanol–water partition coefficient (Wildman–Crippen LogP) is 3.39. The van der Waals surface area contributed by atoms with Crippen LogP contribution in [0.5, 0.6) is 0 Å². The Balaban J connectivity index is 2.44. The summed E-state index contributed by atoms with van der Waals surface area (Å²) in [6.07, 6.45) is 0.753. The summed E-state index contributed by atoms with van der Waals surface area (Å²) in [7, 11) is 0. The maximum Gasteiger partial charge on any atom is 0.258 e. The number of hydrogen-bond donors (Lipinski definition) is 1.